The average molecular weight is 286 g/mol. The second kappa shape index (κ2) is 6.27. The van der Waals surface area contributed by atoms with E-state index < -0.39 is 0 Å². The minimum absolute atomic E-state index is 0.143. The molecule has 4 heteroatoms. The van der Waals surface area contributed by atoms with Crippen molar-refractivity contribution in [1.82, 2.24) is 9.78 Å². The van der Waals surface area contributed by atoms with E-state index in [2.05, 4.69) is 32.8 Å². The van der Waals surface area contributed by atoms with E-state index in [0.717, 1.165) is 29.3 Å². The molecule has 2 unspecified atom stereocenters. The van der Waals surface area contributed by atoms with Gasteiger partial charge in [0.2, 0.25) is 0 Å². The molecule has 0 bridgehead atoms. The molecule has 3 nitrogen and oxygen atoms in total. The molecule has 0 amide bonds. The summed E-state index contributed by atoms with van der Waals surface area (Å²) in [5, 5.41) is 5.10. The van der Waals surface area contributed by atoms with Crippen LogP contribution in [0, 0.1) is 18.3 Å². The van der Waals surface area contributed by atoms with Gasteiger partial charge in [-0.15, -0.1) is 0 Å². The van der Waals surface area contributed by atoms with Crippen LogP contribution in [0.1, 0.15) is 51.9 Å². The van der Waals surface area contributed by atoms with Gasteiger partial charge in [-0.05, 0) is 31.1 Å². The first-order valence-corrected chi connectivity index (χ1v) is 7.41. The van der Waals surface area contributed by atoms with E-state index in [1.54, 1.807) is 0 Å². The van der Waals surface area contributed by atoms with Crippen molar-refractivity contribution in [3.8, 4) is 0 Å². The zero-order chi connectivity index (χ0) is 14.8. The number of rotatable bonds is 5. The molecule has 0 radical (unpaired) electrons. The molecule has 0 aromatic carbocycles. The van der Waals surface area contributed by atoms with E-state index in [4.69, 9.17) is 17.3 Å². The molecule has 0 fully saturated rings. The summed E-state index contributed by atoms with van der Waals surface area (Å²) < 4.78 is 1.85. The van der Waals surface area contributed by atoms with Crippen LogP contribution in [-0.2, 0) is 13.5 Å². The summed E-state index contributed by atoms with van der Waals surface area (Å²) in [5.74, 6) is 0.628. The van der Waals surface area contributed by atoms with Crippen molar-refractivity contribution < 1.29 is 0 Å². The molecular weight excluding hydrogens is 258 g/mol. The summed E-state index contributed by atoms with van der Waals surface area (Å²) in [6.07, 6.45) is 3.02. The second-order valence-corrected chi connectivity index (χ2v) is 7.42. The fourth-order valence-corrected chi connectivity index (χ4v) is 3.12. The van der Waals surface area contributed by atoms with Crippen molar-refractivity contribution in [2.45, 2.75) is 59.9 Å². The first-order chi connectivity index (χ1) is 8.60. The van der Waals surface area contributed by atoms with Gasteiger partial charge >= 0.3 is 0 Å². The summed E-state index contributed by atoms with van der Waals surface area (Å²) in [6, 6.07) is 0.143. The summed E-state index contributed by atoms with van der Waals surface area (Å²) in [4.78, 5) is 0. The largest absolute Gasteiger partial charge is 0.327 e. The third kappa shape index (κ3) is 5.15. The summed E-state index contributed by atoms with van der Waals surface area (Å²) >= 11 is 6.26. The van der Waals surface area contributed by atoms with Crippen LogP contribution in [0.15, 0.2) is 0 Å². The van der Waals surface area contributed by atoms with Crippen LogP contribution >= 0.6 is 11.6 Å². The van der Waals surface area contributed by atoms with Gasteiger partial charge in [-0.3, -0.25) is 4.68 Å². The lowest BCUT2D eigenvalue weighted by Gasteiger charge is -2.25. The van der Waals surface area contributed by atoms with Crippen LogP contribution in [0.2, 0.25) is 5.02 Å². The van der Waals surface area contributed by atoms with Crippen LogP contribution < -0.4 is 5.73 Å². The van der Waals surface area contributed by atoms with Gasteiger partial charge in [0.05, 0.1) is 16.4 Å². The van der Waals surface area contributed by atoms with Gasteiger partial charge in [0.15, 0.2) is 0 Å². The molecule has 1 rings (SSSR count). The Balaban J connectivity index is 2.58. The monoisotopic (exact) mass is 285 g/mol. The first-order valence-electron chi connectivity index (χ1n) is 7.03. The average Bonchev–Trinajstić information content (AvgIpc) is 2.42. The summed E-state index contributed by atoms with van der Waals surface area (Å²) in [6.45, 7) is 11.0. The molecule has 0 aliphatic carbocycles. The number of hydrogen-bond donors (Lipinski definition) is 1. The Morgan fingerprint density at radius 1 is 1.37 bits per heavy atom. The van der Waals surface area contributed by atoms with Crippen LogP contribution in [0.25, 0.3) is 0 Å². The quantitative estimate of drug-likeness (QED) is 0.896. The predicted octanol–water partition coefficient (Wildman–Crippen LogP) is 3.71. The van der Waals surface area contributed by atoms with Crippen molar-refractivity contribution >= 4 is 11.6 Å². The Bertz CT molecular complexity index is 418. The Morgan fingerprint density at radius 3 is 2.37 bits per heavy atom. The molecule has 2 atom stereocenters. The van der Waals surface area contributed by atoms with Gasteiger partial charge in [-0.1, -0.05) is 39.3 Å². The van der Waals surface area contributed by atoms with Gasteiger partial charge in [0.1, 0.15) is 0 Å². The van der Waals surface area contributed by atoms with E-state index in [-0.39, 0.29) is 6.04 Å². The highest BCUT2D eigenvalue weighted by Crippen LogP contribution is 2.27. The van der Waals surface area contributed by atoms with Crippen molar-refractivity contribution in [3.05, 3.63) is 16.4 Å². The van der Waals surface area contributed by atoms with E-state index in [1.807, 2.05) is 18.7 Å². The highest BCUT2D eigenvalue weighted by atomic mass is 35.5. The lowest BCUT2D eigenvalue weighted by molar-refractivity contribution is 0.284. The molecule has 0 saturated heterocycles. The molecule has 19 heavy (non-hydrogen) atoms. The van der Waals surface area contributed by atoms with E-state index in [0.29, 0.717) is 11.3 Å². The topological polar surface area (TPSA) is 43.8 Å². The summed E-state index contributed by atoms with van der Waals surface area (Å²) in [5.41, 5.74) is 8.57. The zero-order valence-electron chi connectivity index (χ0n) is 13.1. The molecule has 0 aliphatic rings. The standard InChI is InChI=1S/C15H28ClN3/c1-10(9-15(3,4)5)7-12(17)8-13-14(16)11(2)18-19(13)6/h10,12H,7-9,17H2,1-6H3. The molecule has 0 spiro atoms. The lowest BCUT2D eigenvalue weighted by atomic mass is 9.82. The minimum Gasteiger partial charge on any atom is -0.327 e. The van der Waals surface area contributed by atoms with Crippen LogP contribution in [0.4, 0.5) is 0 Å². The van der Waals surface area contributed by atoms with Gasteiger partial charge in [0.25, 0.3) is 0 Å². The molecule has 0 aliphatic heterocycles. The van der Waals surface area contributed by atoms with E-state index in [9.17, 15) is 0 Å². The smallest absolute Gasteiger partial charge is 0.0847 e. The minimum atomic E-state index is 0.143. The molecule has 2 N–H and O–H groups in total. The Kier molecular flexibility index (Phi) is 5.45. The predicted molar refractivity (Wildman–Crippen MR) is 82.5 cm³/mol. The van der Waals surface area contributed by atoms with Gasteiger partial charge in [-0.25, -0.2) is 0 Å². The number of nitrogens with zero attached hydrogens (tertiary/aromatic N) is 2. The Hall–Kier alpha value is -0.540. The maximum absolute atomic E-state index is 6.27. The third-order valence-electron chi connectivity index (χ3n) is 3.38. The van der Waals surface area contributed by atoms with Crippen LogP contribution in [0.5, 0.6) is 0 Å². The maximum Gasteiger partial charge on any atom is 0.0847 e. The fourth-order valence-electron chi connectivity index (χ4n) is 2.88. The molecule has 110 valence electrons. The molecular formula is C15H28ClN3. The van der Waals surface area contributed by atoms with Crippen molar-refractivity contribution in [2.75, 3.05) is 0 Å². The normalized spacial score (nSPS) is 15.6. The van der Waals surface area contributed by atoms with Gasteiger partial charge in [0, 0.05) is 19.5 Å². The van der Waals surface area contributed by atoms with Crippen molar-refractivity contribution in [3.63, 3.8) is 0 Å². The van der Waals surface area contributed by atoms with Crippen LogP contribution in [-0.4, -0.2) is 15.8 Å². The highest BCUT2D eigenvalue weighted by Gasteiger charge is 2.20. The fraction of sp³-hybridized carbons (Fsp3) is 0.800. The SMILES string of the molecule is Cc1nn(C)c(CC(N)CC(C)CC(C)(C)C)c1Cl. The van der Waals surface area contributed by atoms with Gasteiger partial charge < -0.3 is 5.73 Å². The Labute approximate surface area is 122 Å². The van der Waals surface area contributed by atoms with Crippen molar-refractivity contribution in [1.29, 1.82) is 0 Å². The van der Waals surface area contributed by atoms with Crippen LogP contribution in [0.3, 0.4) is 0 Å². The molecule has 1 aromatic heterocycles. The molecule has 1 aromatic rings. The maximum atomic E-state index is 6.27. The molecule has 0 saturated carbocycles. The van der Waals surface area contributed by atoms with Crippen molar-refractivity contribution in [2.24, 2.45) is 24.1 Å². The van der Waals surface area contributed by atoms with E-state index in [1.165, 1.54) is 6.42 Å². The summed E-state index contributed by atoms with van der Waals surface area (Å²) in [7, 11) is 1.93. The third-order valence-corrected chi connectivity index (χ3v) is 3.87. The molecule has 1 heterocycles. The zero-order valence-corrected chi connectivity index (χ0v) is 13.9. The second-order valence-electron chi connectivity index (χ2n) is 7.04. The van der Waals surface area contributed by atoms with E-state index >= 15 is 0 Å². The number of hydrogen-bond acceptors (Lipinski definition) is 2. The number of nitrogens with two attached hydrogens (primary N) is 1. The first kappa shape index (κ1) is 16.5. The Morgan fingerprint density at radius 2 is 1.95 bits per heavy atom. The highest BCUT2D eigenvalue weighted by molar-refractivity contribution is 6.31. The number of halogens is 1. The van der Waals surface area contributed by atoms with Gasteiger partial charge in [-0.2, -0.15) is 5.10 Å². The number of aryl methyl sites for hydroxylation is 2. The number of aromatic nitrogens is 2. The lowest BCUT2D eigenvalue weighted by Crippen LogP contribution is -2.27.